The zero-order valence-electron chi connectivity index (χ0n) is 17.9. The first-order chi connectivity index (χ1) is 15.3. The molecule has 1 aliphatic carbocycles. The molecule has 3 atom stereocenters. The average molecular weight is 432 g/mol. The number of imide groups is 1. The number of carbonyl (C=O) groups is 4. The SMILES string of the molecule is Cc1cccc(NC(=O)COC(=O)c2ccc(N3C(=O)[C@H]4[C@@H](C)C=CC[C@H]4C3=O)cc2)c1. The molecule has 2 aromatic rings. The van der Waals surface area contributed by atoms with Gasteiger partial charge in [-0.3, -0.25) is 19.3 Å². The molecule has 0 unspecified atom stereocenters. The van der Waals surface area contributed by atoms with E-state index in [0.29, 0.717) is 17.8 Å². The largest absolute Gasteiger partial charge is 0.452 e. The van der Waals surface area contributed by atoms with Crippen LogP contribution in [0.1, 0.15) is 29.3 Å². The molecule has 32 heavy (non-hydrogen) atoms. The standard InChI is InChI=1S/C25H24N2O5/c1-15-5-3-7-18(13-15)26-21(28)14-32-25(31)17-9-11-19(12-10-17)27-23(29)20-8-4-6-16(2)22(20)24(27)30/h3-7,9-13,16,20,22H,8,14H2,1-2H3,(H,26,28)/t16-,20+,22-/m0/s1. The van der Waals surface area contributed by atoms with E-state index in [2.05, 4.69) is 5.32 Å². The zero-order valence-corrected chi connectivity index (χ0v) is 17.9. The molecule has 1 fully saturated rings. The smallest absolute Gasteiger partial charge is 0.338 e. The maximum Gasteiger partial charge on any atom is 0.338 e. The Morgan fingerprint density at radius 3 is 2.53 bits per heavy atom. The molecular formula is C25H24N2O5. The molecule has 0 aromatic heterocycles. The normalized spacial score (nSPS) is 21.9. The van der Waals surface area contributed by atoms with E-state index >= 15 is 0 Å². The lowest BCUT2D eigenvalue weighted by Gasteiger charge is -2.22. The first-order valence-electron chi connectivity index (χ1n) is 10.5. The third-order valence-corrected chi connectivity index (χ3v) is 5.87. The fourth-order valence-corrected chi connectivity index (χ4v) is 4.28. The van der Waals surface area contributed by atoms with Crippen LogP contribution in [0, 0.1) is 24.7 Å². The maximum atomic E-state index is 12.9. The Kier molecular flexibility index (Phi) is 5.90. The quantitative estimate of drug-likeness (QED) is 0.444. The van der Waals surface area contributed by atoms with Gasteiger partial charge in [0.1, 0.15) is 0 Å². The summed E-state index contributed by atoms with van der Waals surface area (Å²) in [5.74, 6) is -2.20. The summed E-state index contributed by atoms with van der Waals surface area (Å²) in [6.07, 6.45) is 4.49. The van der Waals surface area contributed by atoms with Gasteiger partial charge in [0.15, 0.2) is 6.61 Å². The Hall–Kier alpha value is -3.74. The van der Waals surface area contributed by atoms with Crippen molar-refractivity contribution in [3.05, 3.63) is 71.8 Å². The van der Waals surface area contributed by atoms with Gasteiger partial charge < -0.3 is 10.1 Å². The first-order valence-corrected chi connectivity index (χ1v) is 10.5. The van der Waals surface area contributed by atoms with Crippen LogP contribution in [0.4, 0.5) is 11.4 Å². The van der Waals surface area contributed by atoms with Gasteiger partial charge in [-0.1, -0.05) is 31.2 Å². The minimum absolute atomic E-state index is 0.00963. The number of amides is 3. The van der Waals surface area contributed by atoms with E-state index in [0.717, 1.165) is 5.56 Å². The Morgan fingerprint density at radius 2 is 1.84 bits per heavy atom. The van der Waals surface area contributed by atoms with Crippen molar-refractivity contribution in [2.24, 2.45) is 17.8 Å². The van der Waals surface area contributed by atoms with Gasteiger partial charge in [-0.05, 0) is 61.2 Å². The number of allylic oxidation sites excluding steroid dienone is 2. The zero-order chi connectivity index (χ0) is 22.8. The average Bonchev–Trinajstić information content (AvgIpc) is 3.03. The monoisotopic (exact) mass is 432 g/mol. The second kappa shape index (κ2) is 8.78. The molecule has 3 amide bonds. The highest BCUT2D eigenvalue weighted by atomic mass is 16.5. The number of benzene rings is 2. The summed E-state index contributed by atoms with van der Waals surface area (Å²) in [6, 6.07) is 13.4. The van der Waals surface area contributed by atoms with Gasteiger partial charge in [0.2, 0.25) is 11.8 Å². The number of aryl methyl sites for hydroxylation is 1. The number of nitrogens with one attached hydrogen (secondary N) is 1. The minimum Gasteiger partial charge on any atom is -0.452 e. The van der Waals surface area contributed by atoms with Crippen molar-refractivity contribution in [3.8, 4) is 0 Å². The van der Waals surface area contributed by atoms with Gasteiger partial charge >= 0.3 is 5.97 Å². The van der Waals surface area contributed by atoms with Crippen LogP contribution in [0.5, 0.6) is 0 Å². The number of carbonyl (C=O) groups excluding carboxylic acids is 4. The van der Waals surface area contributed by atoms with Crippen LogP contribution in [0.2, 0.25) is 0 Å². The van der Waals surface area contributed by atoms with Gasteiger partial charge in [-0.15, -0.1) is 0 Å². The first kappa shape index (κ1) is 21.5. The van der Waals surface area contributed by atoms with Gasteiger partial charge in [-0.2, -0.15) is 0 Å². The predicted octanol–water partition coefficient (Wildman–Crippen LogP) is 3.49. The van der Waals surface area contributed by atoms with E-state index in [1.807, 2.05) is 44.2 Å². The van der Waals surface area contributed by atoms with Gasteiger partial charge in [0.05, 0.1) is 23.1 Å². The van der Waals surface area contributed by atoms with Crippen molar-refractivity contribution >= 4 is 35.1 Å². The number of rotatable bonds is 5. The van der Waals surface area contributed by atoms with Crippen LogP contribution in [-0.4, -0.2) is 30.3 Å². The highest BCUT2D eigenvalue weighted by Gasteiger charge is 2.50. The third kappa shape index (κ3) is 4.19. The molecule has 0 bridgehead atoms. The second-order valence-corrected chi connectivity index (χ2v) is 8.21. The van der Waals surface area contributed by atoms with Crippen LogP contribution >= 0.6 is 0 Å². The Morgan fingerprint density at radius 1 is 1.09 bits per heavy atom. The number of nitrogens with zero attached hydrogens (tertiary/aromatic N) is 1. The van der Waals surface area contributed by atoms with Crippen LogP contribution in [0.25, 0.3) is 0 Å². The van der Waals surface area contributed by atoms with E-state index in [4.69, 9.17) is 4.74 Å². The van der Waals surface area contributed by atoms with Crippen molar-refractivity contribution in [1.29, 1.82) is 0 Å². The predicted molar refractivity (Wildman–Crippen MR) is 119 cm³/mol. The number of anilines is 2. The number of fused-ring (bicyclic) bond motifs is 1. The number of hydrogen-bond acceptors (Lipinski definition) is 5. The molecule has 0 saturated carbocycles. The maximum absolute atomic E-state index is 12.9. The third-order valence-electron chi connectivity index (χ3n) is 5.87. The fourth-order valence-electron chi connectivity index (χ4n) is 4.28. The summed E-state index contributed by atoms with van der Waals surface area (Å²) in [4.78, 5) is 51.2. The topological polar surface area (TPSA) is 92.8 Å². The molecule has 1 aliphatic heterocycles. The molecule has 2 aromatic carbocycles. The second-order valence-electron chi connectivity index (χ2n) is 8.21. The molecule has 7 heteroatoms. The van der Waals surface area contributed by atoms with Crippen molar-refractivity contribution in [2.75, 3.05) is 16.8 Å². The van der Waals surface area contributed by atoms with Crippen LogP contribution in [-0.2, 0) is 19.1 Å². The van der Waals surface area contributed by atoms with Gasteiger partial charge in [0.25, 0.3) is 5.91 Å². The number of ether oxygens (including phenoxy) is 1. The van der Waals surface area contributed by atoms with Gasteiger partial charge in [0, 0.05) is 5.69 Å². The summed E-state index contributed by atoms with van der Waals surface area (Å²) in [5.41, 5.74) is 2.28. The molecular weight excluding hydrogens is 408 g/mol. The number of hydrogen-bond donors (Lipinski definition) is 1. The van der Waals surface area contributed by atoms with Crippen LogP contribution in [0.3, 0.4) is 0 Å². The van der Waals surface area contributed by atoms with E-state index in [9.17, 15) is 19.2 Å². The molecule has 2 aliphatic rings. The van der Waals surface area contributed by atoms with Crippen LogP contribution in [0.15, 0.2) is 60.7 Å². The molecule has 164 valence electrons. The summed E-state index contributed by atoms with van der Waals surface area (Å²) in [6.45, 7) is 3.43. The summed E-state index contributed by atoms with van der Waals surface area (Å²) >= 11 is 0. The lowest BCUT2D eigenvalue weighted by molar-refractivity contribution is -0.123. The summed E-state index contributed by atoms with van der Waals surface area (Å²) in [5, 5.41) is 2.67. The molecule has 0 radical (unpaired) electrons. The van der Waals surface area contributed by atoms with Crippen LogP contribution < -0.4 is 10.2 Å². The summed E-state index contributed by atoms with van der Waals surface area (Å²) < 4.78 is 5.08. The minimum atomic E-state index is -0.665. The molecule has 0 spiro atoms. The lowest BCUT2D eigenvalue weighted by atomic mass is 9.78. The molecule has 1 heterocycles. The van der Waals surface area contributed by atoms with E-state index in [1.54, 1.807) is 18.2 Å². The van der Waals surface area contributed by atoms with E-state index in [-0.39, 0.29) is 35.1 Å². The molecule has 7 nitrogen and oxygen atoms in total. The Balaban J connectivity index is 1.37. The van der Waals surface area contributed by atoms with E-state index in [1.165, 1.54) is 17.0 Å². The van der Waals surface area contributed by atoms with E-state index < -0.39 is 18.5 Å². The Labute approximate surface area is 186 Å². The number of esters is 1. The van der Waals surface area contributed by atoms with Crippen molar-refractivity contribution in [3.63, 3.8) is 0 Å². The Bertz CT molecular complexity index is 1110. The van der Waals surface area contributed by atoms with Crippen molar-refractivity contribution < 1.29 is 23.9 Å². The molecule has 1 saturated heterocycles. The summed E-state index contributed by atoms with van der Waals surface area (Å²) in [7, 11) is 0. The lowest BCUT2D eigenvalue weighted by Crippen LogP contribution is -2.31. The molecule has 4 rings (SSSR count). The van der Waals surface area contributed by atoms with Crippen molar-refractivity contribution in [1.82, 2.24) is 0 Å². The van der Waals surface area contributed by atoms with Crippen molar-refractivity contribution in [2.45, 2.75) is 20.3 Å². The fraction of sp³-hybridized carbons (Fsp3) is 0.280. The highest BCUT2D eigenvalue weighted by molar-refractivity contribution is 6.22. The van der Waals surface area contributed by atoms with Gasteiger partial charge in [-0.25, -0.2) is 4.79 Å². The highest BCUT2D eigenvalue weighted by Crippen LogP contribution is 2.40. The molecule has 1 N–H and O–H groups in total.